The fourth-order valence-corrected chi connectivity index (χ4v) is 1.78. The second-order valence-corrected chi connectivity index (χ2v) is 3.95. The number of phenolic OH excluding ortho intramolecular Hbond substituents is 1. The van der Waals surface area contributed by atoms with E-state index in [9.17, 15) is 5.11 Å². The van der Waals surface area contributed by atoms with Gasteiger partial charge in [0.1, 0.15) is 17.7 Å². The highest BCUT2D eigenvalue weighted by atomic mass is 16.3. The lowest BCUT2D eigenvalue weighted by atomic mass is 10.1. The minimum Gasteiger partial charge on any atom is -0.508 e. The Bertz CT molecular complexity index is 659. The summed E-state index contributed by atoms with van der Waals surface area (Å²) in [5.41, 5.74) is 2.48. The summed E-state index contributed by atoms with van der Waals surface area (Å²) in [6.45, 7) is 0. The molecule has 3 rings (SSSR count). The molecule has 0 spiro atoms. The SMILES string of the molecule is Oc1cccc(-c2coc(-c3ccccc3)n2)c1. The van der Waals surface area contributed by atoms with Crippen LogP contribution in [0, 0.1) is 0 Å². The van der Waals surface area contributed by atoms with Crippen LogP contribution in [0.5, 0.6) is 5.75 Å². The van der Waals surface area contributed by atoms with Gasteiger partial charge in [0.15, 0.2) is 0 Å². The van der Waals surface area contributed by atoms with Crippen LogP contribution in [0.2, 0.25) is 0 Å². The van der Waals surface area contributed by atoms with Crippen LogP contribution in [0.3, 0.4) is 0 Å². The van der Waals surface area contributed by atoms with Gasteiger partial charge in [-0.3, -0.25) is 0 Å². The molecule has 0 bridgehead atoms. The van der Waals surface area contributed by atoms with Crippen molar-refractivity contribution in [3.05, 3.63) is 60.9 Å². The van der Waals surface area contributed by atoms with Crippen molar-refractivity contribution in [3.8, 4) is 28.5 Å². The first kappa shape index (κ1) is 10.6. The van der Waals surface area contributed by atoms with Gasteiger partial charge in [-0.15, -0.1) is 0 Å². The standard InChI is InChI=1S/C15H11NO2/c17-13-8-4-7-12(9-13)14-10-18-15(16-14)11-5-2-1-3-6-11/h1-10,17H. The van der Waals surface area contributed by atoms with Crippen LogP contribution in [0.15, 0.2) is 65.3 Å². The molecule has 0 aliphatic carbocycles. The van der Waals surface area contributed by atoms with Crippen molar-refractivity contribution in [1.82, 2.24) is 4.98 Å². The molecular weight excluding hydrogens is 226 g/mol. The smallest absolute Gasteiger partial charge is 0.226 e. The van der Waals surface area contributed by atoms with E-state index in [-0.39, 0.29) is 5.75 Å². The van der Waals surface area contributed by atoms with Gasteiger partial charge < -0.3 is 9.52 Å². The third-order valence-electron chi connectivity index (χ3n) is 2.67. The van der Waals surface area contributed by atoms with Crippen LogP contribution in [0.4, 0.5) is 0 Å². The minimum atomic E-state index is 0.219. The van der Waals surface area contributed by atoms with Gasteiger partial charge in [0.05, 0.1) is 0 Å². The van der Waals surface area contributed by atoms with Crippen molar-refractivity contribution >= 4 is 0 Å². The van der Waals surface area contributed by atoms with E-state index in [0.717, 1.165) is 11.1 Å². The minimum absolute atomic E-state index is 0.219. The number of nitrogens with zero attached hydrogens (tertiary/aromatic N) is 1. The van der Waals surface area contributed by atoms with Crippen molar-refractivity contribution in [2.45, 2.75) is 0 Å². The van der Waals surface area contributed by atoms with Crippen molar-refractivity contribution in [3.63, 3.8) is 0 Å². The quantitative estimate of drug-likeness (QED) is 0.739. The van der Waals surface area contributed by atoms with Gasteiger partial charge in [0.2, 0.25) is 5.89 Å². The molecule has 1 N–H and O–H groups in total. The Labute approximate surface area is 104 Å². The number of rotatable bonds is 2. The van der Waals surface area contributed by atoms with Crippen LogP contribution in [0.25, 0.3) is 22.7 Å². The number of benzene rings is 2. The van der Waals surface area contributed by atoms with E-state index >= 15 is 0 Å². The lowest BCUT2D eigenvalue weighted by molar-refractivity contribution is 0.475. The summed E-state index contributed by atoms with van der Waals surface area (Å²) in [5, 5.41) is 9.44. The van der Waals surface area contributed by atoms with Crippen molar-refractivity contribution < 1.29 is 9.52 Å². The molecule has 0 aliphatic rings. The monoisotopic (exact) mass is 237 g/mol. The van der Waals surface area contributed by atoms with E-state index in [0.29, 0.717) is 11.6 Å². The topological polar surface area (TPSA) is 46.3 Å². The van der Waals surface area contributed by atoms with Crippen LogP contribution < -0.4 is 0 Å². The maximum absolute atomic E-state index is 9.44. The lowest BCUT2D eigenvalue weighted by Crippen LogP contribution is -1.79. The molecule has 3 heteroatoms. The third-order valence-corrected chi connectivity index (χ3v) is 2.67. The first-order chi connectivity index (χ1) is 8.83. The highest BCUT2D eigenvalue weighted by molar-refractivity contribution is 5.63. The maximum Gasteiger partial charge on any atom is 0.226 e. The highest BCUT2D eigenvalue weighted by Crippen LogP contribution is 2.26. The zero-order chi connectivity index (χ0) is 12.4. The van der Waals surface area contributed by atoms with Crippen molar-refractivity contribution in [1.29, 1.82) is 0 Å². The van der Waals surface area contributed by atoms with E-state index in [1.807, 2.05) is 36.4 Å². The number of hydrogen-bond donors (Lipinski definition) is 1. The molecule has 0 aliphatic heterocycles. The van der Waals surface area contributed by atoms with E-state index in [2.05, 4.69) is 4.98 Å². The predicted octanol–water partition coefficient (Wildman–Crippen LogP) is 3.71. The third kappa shape index (κ3) is 1.98. The molecule has 0 saturated carbocycles. The van der Waals surface area contributed by atoms with Gasteiger partial charge in [-0.2, -0.15) is 0 Å². The molecule has 3 nitrogen and oxygen atoms in total. The second-order valence-electron chi connectivity index (χ2n) is 3.95. The Morgan fingerprint density at radius 2 is 1.67 bits per heavy atom. The zero-order valence-electron chi connectivity index (χ0n) is 9.58. The van der Waals surface area contributed by atoms with E-state index in [1.165, 1.54) is 0 Å². The predicted molar refractivity (Wildman–Crippen MR) is 69.0 cm³/mol. The number of aromatic hydroxyl groups is 1. The highest BCUT2D eigenvalue weighted by Gasteiger charge is 2.08. The number of oxazole rings is 1. The molecular formula is C15H11NO2. The number of hydrogen-bond acceptors (Lipinski definition) is 3. The second kappa shape index (κ2) is 4.37. The molecule has 0 saturated heterocycles. The molecule has 0 radical (unpaired) electrons. The average molecular weight is 237 g/mol. The van der Waals surface area contributed by atoms with Gasteiger partial charge in [-0.05, 0) is 24.3 Å². The fourth-order valence-electron chi connectivity index (χ4n) is 1.78. The van der Waals surface area contributed by atoms with Crippen LogP contribution >= 0.6 is 0 Å². The number of aromatic nitrogens is 1. The van der Waals surface area contributed by atoms with Crippen LogP contribution in [-0.2, 0) is 0 Å². The summed E-state index contributed by atoms with van der Waals surface area (Å²) in [7, 11) is 0. The molecule has 0 unspecified atom stereocenters. The van der Waals surface area contributed by atoms with E-state index in [1.54, 1.807) is 24.5 Å². The summed E-state index contributed by atoms with van der Waals surface area (Å²) in [4.78, 5) is 4.41. The Balaban J connectivity index is 2.00. The first-order valence-electron chi connectivity index (χ1n) is 5.63. The van der Waals surface area contributed by atoms with Gasteiger partial charge in [-0.25, -0.2) is 4.98 Å². The Hall–Kier alpha value is -2.55. The molecule has 1 heterocycles. The largest absolute Gasteiger partial charge is 0.508 e. The summed E-state index contributed by atoms with van der Waals surface area (Å²) < 4.78 is 5.45. The Kier molecular flexibility index (Phi) is 2.57. The van der Waals surface area contributed by atoms with E-state index < -0.39 is 0 Å². The van der Waals surface area contributed by atoms with Gasteiger partial charge in [-0.1, -0.05) is 30.3 Å². The Morgan fingerprint density at radius 1 is 0.889 bits per heavy atom. The molecule has 88 valence electrons. The summed E-state index contributed by atoms with van der Waals surface area (Å²) in [5.74, 6) is 0.797. The lowest BCUT2D eigenvalue weighted by Gasteiger charge is -1.96. The van der Waals surface area contributed by atoms with Crippen LogP contribution in [-0.4, -0.2) is 10.1 Å². The maximum atomic E-state index is 9.44. The van der Waals surface area contributed by atoms with Crippen molar-refractivity contribution in [2.75, 3.05) is 0 Å². The number of phenols is 1. The van der Waals surface area contributed by atoms with Gasteiger partial charge in [0, 0.05) is 11.1 Å². The van der Waals surface area contributed by atoms with Gasteiger partial charge >= 0.3 is 0 Å². The summed E-state index contributed by atoms with van der Waals surface area (Å²) in [6.07, 6.45) is 1.59. The molecule has 0 amide bonds. The molecule has 0 atom stereocenters. The average Bonchev–Trinajstić information content (AvgIpc) is 2.89. The molecule has 3 aromatic rings. The van der Waals surface area contributed by atoms with Gasteiger partial charge in [0.25, 0.3) is 0 Å². The van der Waals surface area contributed by atoms with Crippen molar-refractivity contribution in [2.24, 2.45) is 0 Å². The van der Waals surface area contributed by atoms with E-state index in [4.69, 9.17) is 4.42 Å². The summed E-state index contributed by atoms with van der Waals surface area (Å²) >= 11 is 0. The van der Waals surface area contributed by atoms with Crippen LogP contribution in [0.1, 0.15) is 0 Å². The first-order valence-corrected chi connectivity index (χ1v) is 5.63. The molecule has 0 fully saturated rings. The Morgan fingerprint density at radius 3 is 2.44 bits per heavy atom. The normalized spacial score (nSPS) is 10.4. The zero-order valence-corrected chi connectivity index (χ0v) is 9.58. The molecule has 18 heavy (non-hydrogen) atoms. The molecule has 2 aromatic carbocycles. The summed E-state index contributed by atoms with van der Waals surface area (Å²) in [6, 6.07) is 16.7. The fraction of sp³-hybridized carbons (Fsp3) is 0. The molecule has 1 aromatic heterocycles.